The van der Waals surface area contributed by atoms with Gasteiger partial charge in [0, 0.05) is 5.69 Å². The molecule has 1 saturated carbocycles. The molecular formula is C12H16ClNO. The number of nitrogen functional groups attached to an aromatic ring is 1. The van der Waals surface area contributed by atoms with Crippen LogP contribution < -0.4 is 10.5 Å². The maximum Gasteiger partial charge on any atom is 0.138 e. The van der Waals surface area contributed by atoms with Crippen LogP contribution in [-0.4, -0.2) is 6.10 Å². The Balaban J connectivity index is 2.03. The molecule has 0 unspecified atom stereocenters. The van der Waals surface area contributed by atoms with Crippen LogP contribution in [0.5, 0.6) is 5.75 Å². The van der Waals surface area contributed by atoms with Crippen molar-refractivity contribution in [2.45, 2.75) is 38.2 Å². The van der Waals surface area contributed by atoms with E-state index in [1.54, 1.807) is 6.07 Å². The van der Waals surface area contributed by atoms with E-state index in [1.165, 1.54) is 19.3 Å². The van der Waals surface area contributed by atoms with Gasteiger partial charge in [0.2, 0.25) is 0 Å². The molecule has 0 aromatic heterocycles. The van der Waals surface area contributed by atoms with Crippen molar-refractivity contribution < 1.29 is 4.74 Å². The van der Waals surface area contributed by atoms with Crippen molar-refractivity contribution in [2.24, 2.45) is 0 Å². The van der Waals surface area contributed by atoms with Crippen molar-refractivity contribution in [3.05, 3.63) is 23.2 Å². The Morgan fingerprint density at radius 1 is 1.20 bits per heavy atom. The highest BCUT2D eigenvalue weighted by Gasteiger charge is 2.15. The van der Waals surface area contributed by atoms with Gasteiger partial charge < -0.3 is 10.5 Å². The molecule has 0 saturated heterocycles. The van der Waals surface area contributed by atoms with Crippen LogP contribution in [0.2, 0.25) is 5.02 Å². The minimum Gasteiger partial charge on any atom is -0.489 e. The fraction of sp³-hybridized carbons (Fsp3) is 0.500. The molecule has 0 atom stereocenters. The van der Waals surface area contributed by atoms with E-state index >= 15 is 0 Å². The summed E-state index contributed by atoms with van der Waals surface area (Å²) in [6.45, 7) is 0. The predicted octanol–water partition coefficient (Wildman–Crippen LogP) is 3.63. The highest BCUT2D eigenvalue weighted by Crippen LogP contribution is 2.30. The van der Waals surface area contributed by atoms with Gasteiger partial charge in [-0.3, -0.25) is 0 Å². The SMILES string of the molecule is Nc1ccc(OC2CCCCC2)c(Cl)c1. The van der Waals surface area contributed by atoms with Crippen LogP contribution in [0.3, 0.4) is 0 Å². The third kappa shape index (κ3) is 2.78. The molecule has 1 aromatic rings. The molecule has 0 radical (unpaired) electrons. The topological polar surface area (TPSA) is 35.2 Å². The van der Waals surface area contributed by atoms with Crippen LogP contribution in [-0.2, 0) is 0 Å². The zero-order chi connectivity index (χ0) is 10.7. The Kier molecular flexibility index (Phi) is 3.37. The highest BCUT2D eigenvalue weighted by atomic mass is 35.5. The Labute approximate surface area is 95.4 Å². The minimum atomic E-state index is 0.333. The van der Waals surface area contributed by atoms with E-state index < -0.39 is 0 Å². The van der Waals surface area contributed by atoms with Gasteiger partial charge in [0.1, 0.15) is 5.75 Å². The molecular weight excluding hydrogens is 210 g/mol. The maximum atomic E-state index is 6.04. The fourth-order valence-corrected chi connectivity index (χ4v) is 2.21. The first-order chi connectivity index (χ1) is 7.25. The summed E-state index contributed by atoms with van der Waals surface area (Å²) in [5.74, 6) is 0.762. The van der Waals surface area contributed by atoms with Gasteiger partial charge >= 0.3 is 0 Å². The largest absolute Gasteiger partial charge is 0.489 e. The lowest BCUT2D eigenvalue weighted by Gasteiger charge is -2.23. The lowest BCUT2D eigenvalue weighted by atomic mass is 9.98. The number of nitrogens with two attached hydrogens (primary N) is 1. The molecule has 0 aliphatic heterocycles. The van der Waals surface area contributed by atoms with Gasteiger partial charge in [-0.1, -0.05) is 18.0 Å². The first-order valence-electron chi connectivity index (χ1n) is 5.47. The molecule has 2 nitrogen and oxygen atoms in total. The molecule has 0 spiro atoms. The molecule has 1 aliphatic rings. The second-order valence-electron chi connectivity index (χ2n) is 4.07. The van der Waals surface area contributed by atoms with Gasteiger partial charge in [-0.15, -0.1) is 0 Å². The lowest BCUT2D eigenvalue weighted by Crippen LogP contribution is -2.19. The molecule has 1 aliphatic carbocycles. The first kappa shape index (κ1) is 10.6. The van der Waals surface area contributed by atoms with Crippen LogP contribution in [0.15, 0.2) is 18.2 Å². The molecule has 0 heterocycles. The average Bonchev–Trinajstić information content (AvgIpc) is 2.24. The zero-order valence-corrected chi connectivity index (χ0v) is 9.46. The van der Waals surface area contributed by atoms with Crippen molar-refractivity contribution in [1.29, 1.82) is 0 Å². The lowest BCUT2D eigenvalue weighted by molar-refractivity contribution is 0.155. The molecule has 0 bridgehead atoms. The van der Waals surface area contributed by atoms with E-state index in [2.05, 4.69) is 0 Å². The van der Waals surface area contributed by atoms with E-state index in [1.807, 2.05) is 12.1 Å². The van der Waals surface area contributed by atoms with E-state index in [9.17, 15) is 0 Å². The van der Waals surface area contributed by atoms with Crippen LogP contribution in [0.25, 0.3) is 0 Å². The van der Waals surface area contributed by atoms with Crippen molar-refractivity contribution in [2.75, 3.05) is 5.73 Å². The monoisotopic (exact) mass is 225 g/mol. The Hall–Kier alpha value is -0.890. The zero-order valence-electron chi connectivity index (χ0n) is 8.71. The second-order valence-corrected chi connectivity index (χ2v) is 4.47. The predicted molar refractivity (Wildman–Crippen MR) is 63.4 cm³/mol. The summed E-state index contributed by atoms with van der Waals surface area (Å²) >= 11 is 6.04. The molecule has 2 rings (SSSR count). The Morgan fingerprint density at radius 3 is 2.60 bits per heavy atom. The second kappa shape index (κ2) is 4.75. The summed E-state index contributed by atoms with van der Waals surface area (Å²) in [7, 11) is 0. The summed E-state index contributed by atoms with van der Waals surface area (Å²) in [5.41, 5.74) is 6.30. The Bertz CT molecular complexity index is 334. The molecule has 15 heavy (non-hydrogen) atoms. The number of ether oxygens (including phenoxy) is 1. The van der Waals surface area contributed by atoms with Gasteiger partial charge in [0.05, 0.1) is 11.1 Å². The van der Waals surface area contributed by atoms with Crippen LogP contribution >= 0.6 is 11.6 Å². The van der Waals surface area contributed by atoms with Gasteiger partial charge in [0.15, 0.2) is 0 Å². The van der Waals surface area contributed by atoms with Gasteiger partial charge in [-0.25, -0.2) is 0 Å². The average molecular weight is 226 g/mol. The number of benzene rings is 1. The standard InChI is InChI=1S/C12H16ClNO/c13-11-8-9(14)6-7-12(11)15-10-4-2-1-3-5-10/h6-8,10H,1-5,14H2. The number of halogens is 1. The van der Waals surface area contributed by atoms with Crippen molar-refractivity contribution in [3.63, 3.8) is 0 Å². The van der Waals surface area contributed by atoms with Gasteiger partial charge in [-0.05, 0) is 43.9 Å². The Morgan fingerprint density at radius 2 is 1.93 bits per heavy atom. The van der Waals surface area contributed by atoms with Gasteiger partial charge in [-0.2, -0.15) is 0 Å². The first-order valence-corrected chi connectivity index (χ1v) is 5.85. The normalized spacial score (nSPS) is 17.7. The molecule has 3 heteroatoms. The summed E-state index contributed by atoms with van der Waals surface area (Å²) in [6.07, 6.45) is 6.46. The van der Waals surface area contributed by atoms with Crippen LogP contribution in [0.1, 0.15) is 32.1 Å². The van der Waals surface area contributed by atoms with Crippen LogP contribution in [0, 0.1) is 0 Å². The van der Waals surface area contributed by atoms with Crippen molar-refractivity contribution in [3.8, 4) is 5.75 Å². The van der Waals surface area contributed by atoms with Gasteiger partial charge in [0.25, 0.3) is 0 Å². The number of hydrogen-bond acceptors (Lipinski definition) is 2. The smallest absolute Gasteiger partial charge is 0.138 e. The third-order valence-corrected chi connectivity index (χ3v) is 3.10. The molecule has 2 N–H and O–H groups in total. The summed E-state index contributed by atoms with van der Waals surface area (Å²) in [4.78, 5) is 0. The van der Waals surface area contributed by atoms with E-state index in [0.717, 1.165) is 18.6 Å². The molecule has 1 fully saturated rings. The fourth-order valence-electron chi connectivity index (χ4n) is 1.98. The quantitative estimate of drug-likeness (QED) is 0.780. The van der Waals surface area contributed by atoms with E-state index in [0.29, 0.717) is 16.8 Å². The number of rotatable bonds is 2. The van der Waals surface area contributed by atoms with Crippen molar-refractivity contribution in [1.82, 2.24) is 0 Å². The van der Waals surface area contributed by atoms with E-state index in [-0.39, 0.29) is 0 Å². The maximum absolute atomic E-state index is 6.04. The summed E-state index contributed by atoms with van der Waals surface area (Å²) in [5, 5.41) is 0.612. The van der Waals surface area contributed by atoms with Crippen LogP contribution in [0.4, 0.5) is 5.69 Å². The summed E-state index contributed by atoms with van der Waals surface area (Å²) < 4.78 is 5.85. The molecule has 0 amide bonds. The van der Waals surface area contributed by atoms with Crippen molar-refractivity contribution >= 4 is 17.3 Å². The van der Waals surface area contributed by atoms with E-state index in [4.69, 9.17) is 22.1 Å². The number of hydrogen-bond donors (Lipinski definition) is 1. The number of anilines is 1. The summed E-state index contributed by atoms with van der Waals surface area (Å²) in [6, 6.07) is 5.41. The molecule has 82 valence electrons. The highest BCUT2D eigenvalue weighted by molar-refractivity contribution is 6.32. The minimum absolute atomic E-state index is 0.333. The molecule has 1 aromatic carbocycles. The third-order valence-electron chi connectivity index (χ3n) is 2.80.